The van der Waals surface area contributed by atoms with E-state index in [1.165, 1.54) is 4.70 Å². The van der Waals surface area contributed by atoms with E-state index in [4.69, 9.17) is 5.73 Å². The molecule has 0 saturated carbocycles. The van der Waals surface area contributed by atoms with Crippen molar-refractivity contribution in [1.29, 1.82) is 0 Å². The van der Waals surface area contributed by atoms with Crippen molar-refractivity contribution >= 4 is 43.2 Å². The molecule has 4 heteroatoms. The molecule has 0 aliphatic carbocycles. The standard InChI is InChI=1S/C8H7BrN2S/c1-4-7(10)5(9)2-6-8(4)12-3-11-6/h2-3H,10H2,1H3. The van der Waals surface area contributed by atoms with Gasteiger partial charge in [-0.1, -0.05) is 0 Å². The van der Waals surface area contributed by atoms with Crippen LogP contribution in [0.25, 0.3) is 10.2 Å². The number of nitrogen functional groups attached to an aromatic ring is 1. The van der Waals surface area contributed by atoms with E-state index in [9.17, 15) is 0 Å². The highest BCUT2D eigenvalue weighted by atomic mass is 79.9. The number of nitrogens with zero attached hydrogens (tertiary/aromatic N) is 1. The van der Waals surface area contributed by atoms with Crippen molar-refractivity contribution in [2.24, 2.45) is 0 Å². The molecule has 0 atom stereocenters. The highest BCUT2D eigenvalue weighted by molar-refractivity contribution is 9.10. The molecule has 2 aromatic rings. The van der Waals surface area contributed by atoms with Crippen molar-refractivity contribution in [3.05, 3.63) is 21.6 Å². The molecule has 1 aromatic heterocycles. The largest absolute Gasteiger partial charge is 0.398 e. The van der Waals surface area contributed by atoms with Gasteiger partial charge >= 0.3 is 0 Å². The molecule has 0 fully saturated rings. The number of aromatic nitrogens is 1. The minimum Gasteiger partial charge on any atom is -0.398 e. The molecule has 0 saturated heterocycles. The summed E-state index contributed by atoms with van der Waals surface area (Å²) < 4.78 is 2.11. The average molecular weight is 243 g/mol. The Hall–Kier alpha value is -0.610. The lowest BCUT2D eigenvalue weighted by Crippen LogP contribution is -1.90. The van der Waals surface area contributed by atoms with E-state index in [1.807, 2.05) is 18.5 Å². The number of anilines is 1. The molecule has 0 radical (unpaired) electrons. The van der Waals surface area contributed by atoms with Crippen LogP contribution in [0.15, 0.2) is 16.0 Å². The zero-order valence-corrected chi connectivity index (χ0v) is 8.87. The van der Waals surface area contributed by atoms with Crippen molar-refractivity contribution < 1.29 is 0 Å². The molecule has 1 heterocycles. The summed E-state index contributed by atoms with van der Waals surface area (Å²) in [5.74, 6) is 0. The number of rotatable bonds is 0. The van der Waals surface area contributed by atoms with Gasteiger partial charge in [0.25, 0.3) is 0 Å². The minimum atomic E-state index is 0.812. The van der Waals surface area contributed by atoms with Gasteiger partial charge in [0.15, 0.2) is 0 Å². The normalized spacial score (nSPS) is 10.8. The topological polar surface area (TPSA) is 38.9 Å². The lowest BCUT2D eigenvalue weighted by atomic mass is 10.2. The maximum Gasteiger partial charge on any atom is 0.0827 e. The molecule has 62 valence electrons. The van der Waals surface area contributed by atoms with E-state index in [0.717, 1.165) is 21.2 Å². The van der Waals surface area contributed by atoms with Gasteiger partial charge in [-0.25, -0.2) is 4.98 Å². The van der Waals surface area contributed by atoms with E-state index in [2.05, 4.69) is 20.9 Å². The lowest BCUT2D eigenvalue weighted by molar-refractivity contribution is 1.46. The van der Waals surface area contributed by atoms with Crippen molar-refractivity contribution in [2.45, 2.75) is 6.92 Å². The Morgan fingerprint density at radius 3 is 3.08 bits per heavy atom. The molecule has 0 aliphatic heterocycles. The summed E-state index contributed by atoms with van der Waals surface area (Å²) in [5.41, 5.74) is 10.6. The second-order valence-corrected chi connectivity index (χ2v) is 4.31. The van der Waals surface area contributed by atoms with E-state index >= 15 is 0 Å². The van der Waals surface area contributed by atoms with E-state index in [0.29, 0.717) is 0 Å². The number of thiazole rings is 1. The second kappa shape index (κ2) is 2.71. The fraction of sp³-hybridized carbons (Fsp3) is 0.125. The van der Waals surface area contributed by atoms with Gasteiger partial charge in [0.05, 0.1) is 21.4 Å². The maximum atomic E-state index is 5.84. The fourth-order valence-electron chi connectivity index (χ4n) is 1.14. The Bertz CT molecular complexity index is 436. The first kappa shape index (κ1) is 8.01. The Morgan fingerprint density at radius 2 is 2.33 bits per heavy atom. The smallest absolute Gasteiger partial charge is 0.0827 e. The van der Waals surface area contributed by atoms with Crippen LogP contribution < -0.4 is 5.73 Å². The lowest BCUT2D eigenvalue weighted by Gasteiger charge is -2.02. The van der Waals surface area contributed by atoms with Crippen LogP contribution in [-0.2, 0) is 0 Å². The van der Waals surface area contributed by atoms with Gasteiger partial charge in [0.1, 0.15) is 0 Å². The van der Waals surface area contributed by atoms with Gasteiger partial charge < -0.3 is 5.73 Å². The number of aryl methyl sites for hydroxylation is 1. The Labute approximate surface area is 82.5 Å². The number of benzene rings is 1. The van der Waals surface area contributed by atoms with Crippen LogP contribution in [0.2, 0.25) is 0 Å². The zero-order valence-electron chi connectivity index (χ0n) is 6.47. The van der Waals surface area contributed by atoms with Crippen molar-refractivity contribution in [3.63, 3.8) is 0 Å². The summed E-state index contributed by atoms with van der Waals surface area (Å²) in [5, 5.41) is 0. The Balaban J connectivity index is 2.94. The second-order valence-electron chi connectivity index (χ2n) is 2.60. The summed E-state index contributed by atoms with van der Waals surface area (Å²) >= 11 is 5.02. The third kappa shape index (κ3) is 1.03. The number of nitrogens with two attached hydrogens (primary N) is 1. The number of hydrogen-bond acceptors (Lipinski definition) is 3. The van der Waals surface area contributed by atoms with E-state index in [1.54, 1.807) is 11.3 Å². The molecule has 12 heavy (non-hydrogen) atoms. The third-order valence-electron chi connectivity index (χ3n) is 1.86. The van der Waals surface area contributed by atoms with Crippen LogP contribution >= 0.6 is 27.3 Å². The summed E-state index contributed by atoms with van der Waals surface area (Å²) in [6.07, 6.45) is 0. The molecule has 2 rings (SSSR count). The van der Waals surface area contributed by atoms with Gasteiger partial charge in [-0.05, 0) is 34.5 Å². The number of hydrogen-bond donors (Lipinski definition) is 1. The van der Waals surface area contributed by atoms with E-state index < -0.39 is 0 Å². The summed E-state index contributed by atoms with van der Waals surface area (Å²) in [6.45, 7) is 2.01. The van der Waals surface area contributed by atoms with Gasteiger partial charge in [0, 0.05) is 4.47 Å². The average Bonchev–Trinajstić information content (AvgIpc) is 2.48. The van der Waals surface area contributed by atoms with Gasteiger partial charge in [-0.15, -0.1) is 11.3 Å². The maximum absolute atomic E-state index is 5.84. The van der Waals surface area contributed by atoms with Gasteiger partial charge in [0.2, 0.25) is 0 Å². The molecule has 0 bridgehead atoms. The van der Waals surface area contributed by atoms with Crippen LogP contribution in [0.4, 0.5) is 5.69 Å². The fourth-order valence-corrected chi connectivity index (χ4v) is 2.44. The molecule has 0 aliphatic rings. The number of fused-ring (bicyclic) bond motifs is 1. The van der Waals surface area contributed by atoms with Crippen molar-refractivity contribution in [3.8, 4) is 0 Å². The summed E-state index contributed by atoms with van der Waals surface area (Å²) in [7, 11) is 0. The van der Waals surface area contributed by atoms with Crippen molar-refractivity contribution in [2.75, 3.05) is 5.73 Å². The quantitative estimate of drug-likeness (QED) is 0.722. The van der Waals surface area contributed by atoms with Crippen LogP contribution in [0.1, 0.15) is 5.56 Å². The Kier molecular flexibility index (Phi) is 1.81. The van der Waals surface area contributed by atoms with Crippen LogP contribution in [0.3, 0.4) is 0 Å². The van der Waals surface area contributed by atoms with Crippen LogP contribution in [-0.4, -0.2) is 4.98 Å². The molecule has 0 spiro atoms. The SMILES string of the molecule is Cc1c(N)c(Br)cc2ncsc12. The highest BCUT2D eigenvalue weighted by Gasteiger charge is 2.06. The van der Waals surface area contributed by atoms with Crippen LogP contribution in [0.5, 0.6) is 0 Å². The number of halogens is 1. The predicted molar refractivity (Wildman–Crippen MR) is 56.5 cm³/mol. The first-order valence-electron chi connectivity index (χ1n) is 3.48. The predicted octanol–water partition coefficient (Wildman–Crippen LogP) is 2.95. The van der Waals surface area contributed by atoms with Gasteiger partial charge in [-0.2, -0.15) is 0 Å². The highest BCUT2D eigenvalue weighted by Crippen LogP contribution is 2.32. The Morgan fingerprint density at radius 1 is 1.58 bits per heavy atom. The third-order valence-corrected chi connectivity index (χ3v) is 3.48. The molecule has 0 amide bonds. The first-order valence-corrected chi connectivity index (χ1v) is 5.15. The molecule has 1 aromatic carbocycles. The van der Waals surface area contributed by atoms with Crippen LogP contribution in [0, 0.1) is 6.92 Å². The minimum absolute atomic E-state index is 0.812. The summed E-state index contributed by atoms with van der Waals surface area (Å²) in [6, 6.07) is 1.95. The molecule has 0 unspecified atom stereocenters. The van der Waals surface area contributed by atoms with Crippen molar-refractivity contribution in [1.82, 2.24) is 4.98 Å². The zero-order chi connectivity index (χ0) is 8.72. The van der Waals surface area contributed by atoms with E-state index in [-0.39, 0.29) is 0 Å². The summed E-state index contributed by atoms with van der Waals surface area (Å²) in [4.78, 5) is 4.21. The molecular weight excluding hydrogens is 236 g/mol. The molecule has 2 N–H and O–H groups in total. The first-order chi connectivity index (χ1) is 5.70. The molecular formula is C8H7BrN2S. The van der Waals surface area contributed by atoms with Gasteiger partial charge in [-0.3, -0.25) is 0 Å². The molecule has 2 nitrogen and oxygen atoms in total. The monoisotopic (exact) mass is 242 g/mol.